The maximum atomic E-state index is 10.5. The van der Waals surface area contributed by atoms with Crippen LogP contribution >= 0.6 is 11.6 Å². The van der Waals surface area contributed by atoms with Gasteiger partial charge in [-0.1, -0.05) is 11.6 Å². The molecule has 1 aromatic rings. The third kappa shape index (κ3) is 3.39. The van der Waals surface area contributed by atoms with Crippen LogP contribution in [0.5, 0.6) is 0 Å². The summed E-state index contributed by atoms with van der Waals surface area (Å²) in [5.74, 6) is 5.03. The van der Waals surface area contributed by atoms with Gasteiger partial charge in [-0.2, -0.15) is 0 Å². The zero-order chi connectivity index (χ0) is 10.1. The van der Waals surface area contributed by atoms with Crippen LogP contribution in [-0.2, 0) is 10.1 Å². The molecule has 0 fully saturated rings. The second kappa shape index (κ2) is 5.32. The minimum Gasteiger partial charge on any atom is -0.744 e. The molecule has 0 radical (unpaired) electrons. The van der Waals surface area contributed by atoms with E-state index in [-0.39, 0.29) is 45.2 Å². The van der Waals surface area contributed by atoms with Crippen LogP contribution in [0.2, 0.25) is 5.02 Å². The average Bonchev–Trinajstić information content (AvgIpc) is 2.03. The third-order valence-corrected chi connectivity index (χ3v) is 2.54. The molecule has 8 heteroatoms. The van der Waals surface area contributed by atoms with E-state index in [0.29, 0.717) is 0 Å². The second-order valence-corrected chi connectivity index (χ2v) is 4.03. The summed E-state index contributed by atoms with van der Waals surface area (Å²) < 4.78 is 31.6. The minimum atomic E-state index is -4.46. The topological polar surface area (TPSA) is 95.2 Å². The van der Waals surface area contributed by atoms with Crippen LogP contribution in [0.25, 0.3) is 0 Å². The number of nitrogens with one attached hydrogen (secondary N) is 1. The summed E-state index contributed by atoms with van der Waals surface area (Å²) in [5.41, 5.74) is 2.37. The normalized spacial score (nSPS) is 10.5. The molecule has 0 aliphatic rings. The van der Waals surface area contributed by atoms with Gasteiger partial charge in [-0.15, -0.1) is 0 Å². The van der Waals surface area contributed by atoms with Gasteiger partial charge in [-0.05, 0) is 18.2 Å². The SMILES string of the molecule is NNc1cc(S(=O)(=O)[O-])ccc1Cl.[Na+]. The number of hydrazine groups is 1. The number of hydrogen-bond donors (Lipinski definition) is 2. The fraction of sp³-hybridized carbons (Fsp3) is 0. The van der Waals surface area contributed by atoms with Crippen molar-refractivity contribution in [2.45, 2.75) is 4.90 Å². The molecule has 14 heavy (non-hydrogen) atoms. The van der Waals surface area contributed by atoms with E-state index >= 15 is 0 Å². The quantitative estimate of drug-likeness (QED) is 0.260. The first-order chi connectivity index (χ1) is 5.95. The van der Waals surface area contributed by atoms with Crippen LogP contribution in [0.4, 0.5) is 5.69 Å². The predicted molar refractivity (Wildman–Crippen MR) is 47.2 cm³/mol. The maximum absolute atomic E-state index is 10.5. The molecule has 1 aromatic carbocycles. The largest absolute Gasteiger partial charge is 1.00 e. The number of nitrogens with two attached hydrogens (primary N) is 1. The molecule has 0 aliphatic heterocycles. The van der Waals surface area contributed by atoms with Gasteiger partial charge in [0.2, 0.25) is 0 Å². The summed E-state index contributed by atoms with van der Waals surface area (Å²) in [6.07, 6.45) is 0. The van der Waals surface area contributed by atoms with E-state index in [9.17, 15) is 13.0 Å². The van der Waals surface area contributed by atoms with Gasteiger partial charge in [-0.25, -0.2) is 8.42 Å². The molecule has 0 bridgehead atoms. The Bertz CT molecular complexity index is 423. The van der Waals surface area contributed by atoms with Crippen molar-refractivity contribution in [3.8, 4) is 0 Å². The van der Waals surface area contributed by atoms with Crippen molar-refractivity contribution < 1.29 is 42.5 Å². The van der Waals surface area contributed by atoms with E-state index in [4.69, 9.17) is 17.4 Å². The molecule has 0 aliphatic carbocycles. The van der Waals surface area contributed by atoms with Crippen molar-refractivity contribution >= 4 is 27.4 Å². The zero-order valence-corrected chi connectivity index (χ0v) is 10.9. The van der Waals surface area contributed by atoms with E-state index in [0.717, 1.165) is 12.1 Å². The standard InChI is InChI=1S/C6H7ClN2O3S.Na/c7-5-2-1-4(13(10,11)12)3-6(5)9-8;/h1-3,9H,8H2,(H,10,11,12);/q;+1/p-1. The Morgan fingerprint density at radius 1 is 1.43 bits per heavy atom. The van der Waals surface area contributed by atoms with Crippen LogP contribution in [0.1, 0.15) is 0 Å². The molecule has 0 spiro atoms. The second-order valence-electron chi connectivity index (χ2n) is 2.24. The van der Waals surface area contributed by atoms with Crippen LogP contribution in [-0.4, -0.2) is 13.0 Å². The van der Waals surface area contributed by atoms with Crippen molar-refractivity contribution in [3.63, 3.8) is 0 Å². The molecule has 0 saturated carbocycles. The fourth-order valence-electron chi connectivity index (χ4n) is 0.771. The Balaban J connectivity index is 0.00000169. The number of halogens is 1. The molecule has 0 unspecified atom stereocenters. The van der Waals surface area contributed by atoms with Crippen molar-refractivity contribution in [2.24, 2.45) is 5.84 Å². The van der Waals surface area contributed by atoms with Crippen LogP contribution < -0.4 is 40.8 Å². The molecule has 3 N–H and O–H groups in total. The van der Waals surface area contributed by atoms with Gasteiger partial charge in [0.15, 0.2) is 0 Å². The van der Waals surface area contributed by atoms with E-state index in [2.05, 4.69) is 5.43 Å². The summed E-state index contributed by atoms with van der Waals surface area (Å²) in [4.78, 5) is -0.371. The summed E-state index contributed by atoms with van der Waals surface area (Å²) in [5, 5.41) is 0.245. The molecule has 0 amide bonds. The fourth-order valence-corrected chi connectivity index (χ4v) is 1.44. The van der Waals surface area contributed by atoms with Gasteiger partial charge in [0.05, 0.1) is 15.6 Å². The Labute approximate surface area is 109 Å². The third-order valence-electron chi connectivity index (χ3n) is 1.38. The van der Waals surface area contributed by atoms with E-state index < -0.39 is 10.1 Å². The summed E-state index contributed by atoms with van der Waals surface area (Å²) >= 11 is 5.61. The number of rotatable bonds is 2. The van der Waals surface area contributed by atoms with E-state index in [1.54, 1.807) is 0 Å². The smallest absolute Gasteiger partial charge is 0.744 e. The maximum Gasteiger partial charge on any atom is 1.00 e. The average molecular weight is 245 g/mol. The van der Waals surface area contributed by atoms with Crippen molar-refractivity contribution in [2.75, 3.05) is 5.43 Å². The van der Waals surface area contributed by atoms with Crippen LogP contribution in [0, 0.1) is 0 Å². The Morgan fingerprint density at radius 2 is 2.00 bits per heavy atom. The molecule has 0 heterocycles. The zero-order valence-electron chi connectivity index (χ0n) is 7.32. The van der Waals surface area contributed by atoms with Gasteiger partial charge < -0.3 is 9.98 Å². The monoisotopic (exact) mass is 244 g/mol. The molecule has 0 saturated heterocycles. The Hall–Kier alpha value is 0.180. The first kappa shape index (κ1) is 14.2. The van der Waals surface area contributed by atoms with Crippen molar-refractivity contribution in [1.82, 2.24) is 0 Å². The molecule has 1 rings (SSSR count). The van der Waals surface area contributed by atoms with Gasteiger partial charge in [0.1, 0.15) is 10.1 Å². The van der Waals surface area contributed by atoms with Crippen molar-refractivity contribution in [3.05, 3.63) is 23.2 Å². The summed E-state index contributed by atoms with van der Waals surface area (Å²) in [6, 6.07) is 3.47. The van der Waals surface area contributed by atoms with E-state index in [1.165, 1.54) is 6.07 Å². The Morgan fingerprint density at radius 3 is 2.43 bits per heavy atom. The van der Waals surface area contributed by atoms with Gasteiger partial charge in [-0.3, -0.25) is 5.84 Å². The number of hydrogen-bond acceptors (Lipinski definition) is 5. The minimum absolute atomic E-state index is 0. The van der Waals surface area contributed by atoms with Gasteiger partial charge in [0.25, 0.3) is 0 Å². The van der Waals surface area contributed by atoms with E-state index in [1.807, 2.05) is 0 Å². The molecule has 0 aromatic heterocycles. The molecule has 0 atom stereocenters. The van der Waals surface area contributed by atoms with Gasteiger partial charge in [0, 0.05) is 0 Å². The molecule has 72 valence electrons. The molecule has 5 nitrogen and oxygen atoms in total. The first-order valence-corrected chi connectivity index (χ1v) is 4.96. The molecular formula is C6H6ClN2NaO3S. The molecular weight excluding hydrogens is 239 g/mol. The number of anilines is 1. The first-order valence-electron chi connectivity index (χ1n) is 3.17. The van der Waals surface area contributed by atoms with Gasteiger partial charge >= 0.3 is 29.6 Å². The van der Waals surface area contributed by atoms with Crippen LogP contribution in [0.3, 0.4) is 0 Å². The predicted octanol–water partition coefficient (Wildman–Crippen LogP) is -2.47. The number of nitrogen functional groups attached to an aromatic ring is 1. The van der Waals surface area contributed by atoms with Crippen LogP contribution in [0.15, 0.2) is 23.1 Å². The summed E-state index contributed by atoms with van der Waals surface area (Å²) in [7, 11) is -4.46. The van der Waals surface area contributed by atoms with Crippen molar-refractivity contribution in [1.29, 1.82) is 0 Å². The Kier molecular flexibility index (Phi) is 5.38. The summed E-state index contributed by atoms with van der Waals surface area (Å²) in [6.45, 7) is 0. The number of benzene rings is 1.